The van der Waals surface area contributed by atoms with Gasteiger partial charge in [-0.15, -0.1) is 0 Å². The summed E-state index contributed by atoms with van der Waals surface area (Å²) in [7, 11) is 1.38. The van der Waals surface area contributed by atoms with Gasteiger partial charge in [0.1, 0.15) is 17.0 Å². The van der Waals surface area contributed by atoms with Crippen molar-refractivity contribution in [1.29, 1.82) is 0 Å². The Kier molecular flexibility index (Phi) is 3.41. The van der Waals surface area contributed by atoms with E-state index in [2.05, 4.69) is 15.0 Å². The highest BCUT2D eigenvalue weighted by Gasteiger charge is 2.13. The van der Waals surface area contributed by atoms with Crippen molar-refractivity contribution >= 4 is 17.0 Å². The lowest BCUT2D eigenvalue weighted by Gasteiger charge is -2.08. The van der Waals surface area contributed by atoms with E-state index in [0.29, 0.717) is 11.3 Å². The number of carbonyl (C=O) groups is 1. The normalized spacial score (nSPS) is 10.7. The van der Waals surface area contributed by atoms with E-state index in [1.807, 2.05) is 0 Å². The van der Waals surface area contributed by atoms with Gasteiger partial charge in [0.25, 0.3) is 5.56 Å². The average molecular weight is 313 g/mol. The van der Waals surface area contributed by atoms with Crippen molar-refractivity contribution in [3.8, 4) is 17.0 Å². The minimum Gasteiger partial charge on any atom is -0.496 e. The fraction of sp³-hybridized carbons (Fsp3) is 0.0667. The number of aromatic carboxylic acids is 1. The Balaban J connectivity index is 2.21. The van der Waals surface area contributed by atoms with E-state index >= 15 is 0 Å². The molecule has 3 N–H and O–H groups in total. The van der Waals surface area contributed by atoms with Crippen molar-refractivity contribution < 1.29 is 14.6 Å². The SMILES string of the molecule is COc1ccc(-c2ccc3c(=O)[nH]c(=O)[nH]c3n2)cc1C(=O)O. The van der Waals surface area contributed by atoms with Crippen LogP contribution in [0.15, 0.2) is 39.9 Å². The van der Waals surface area contributed by atoms with Gasteiger partial charge in [-0.05, 0) is 30.3 Å². The van der Waals surface area contributed by atoms with Crippen LogP contribution in [0.2, 0.25) is 0 Å². The highest BCUT2D eigenvalue weighted by atomic mass is 16.5. The smallest absolute Gasteiger partial charge is 0.339 e. The molecule has 8 nitrogen and oxygen atoms in total. The molecule has 0 atom stereocenters. The summed E-state index contributed by atoms with van der Waals surface area (Å²) in [6, 6.07) is 7.66. The number of aromatic nitrogens is 3. The summed E-state index contributed by atoms with van der Waals surface area (Å²) in [6.45, 7) is 0. The van der Waals surface area contributed by atoms with Crippen molar-refractivity contribution in [3.63, 3.8) is 0 Å². The lowest BCUT2D eigenvalue weighted by atomic mass is 10.1. The van der Waals surface area contributed by atoms with E-state index in [9.17, 15) is 19.5 Å². The van der Waals surface area contributed by atoms with Crippen LogP contribution in [0.25, 0.3) is 22.3 Å². The number of H-pyrrole nitrogens is 2. The number of aromatic amines is 2. The molecule has 0 radical (unpaired) electrons. The maximum atomic E-state index is 11.7. The summed E-state index contributed by atoms with van der Waals surface area (Å²) < 4.78 is 5.01. The van der Waals surface area contributed by atoms with E-state index in [4.69, 9.17) is 4.74 Å². The van der Waals surface area contributed by atoms with E-state index < -0.39 is 17.2 Å². The second-order valence-electron chi connectivity index (χ2n) is 4.72. The van der Waals surface area contributed by atoms with Crippen LogP contribution in [0, 0.1) is 0 Å². The van der Waals surface area contributed by atoms with Crippen molar-refractivity contribution in [3.05, 3.63) is 56.7 Å². The molecule has 23 heavy (non-hydrogen) atoms. The van der Waals surface area contributed by atoms with Crippen molar-refractivity contribution in [2.24, 2.45) is 0 Å². The number of benzene rings is 1. The van der Waals surface area contributed by atoms with Crippen LogP contribution in [-0.4, -0.2) is 33.1 Å². The minimum absolute atomic E-state index is 0.00806. The molecule has 0 spiro atoms. The first-order valence-electron chi connectivity index (χ1n) is 6.54. The molecule has 0 bridgehead atoms. The second-order valence-corrected chi connectivity index (χ2v) is 4.72. The molecule has 0 saturated carbocycles. The summed E-state index contributed by atoms with van der Waals surface area (Å²) >= 11 is 0. The first kappa shape index (κ1) is 14.5. The molecule has 2 heterocycles. The van der Waals surface area contributed by atoms with Crippen LogP contribution < -0.4 is 16.0 Å². The number of hydrogen-bond acceptors (Lipinski definition) is 5. The van der Waals surface area contributed by atoms with Crippen LogP contribution in [0.1, 0.15) is 10.4 Å². The zero-order valence-corrected chi connectivity index (χ0v) is 11.9. The Labute approximate surface area is 128 Å². The lowest BCUT2D eigenvalue weighted by molar-refractivity contribution is 0.0693. The van der Waals surface area contributed by atoms with E-state index in [-0.39, 0.29) is 22.3 Å². The Morgan fingerprint density at radius 2 is 1.96 bits per heavy atom. The fourth-order valence-electron chi connectivity index (χ4n) is 2.24. The maximum absolute atomic E-state index is 11.7. The molecule has 0 fully saturated rings. The standard InChI is InChI=1S/C15H11N3O5/c1-23-11-5-2-7(6-9(11)14(20)21)10-4-3-8-12(16-10)17-15(22)18-13(8)19/h2-6H,1H3,(H,20,21)(H2,16,17,18,19,22). The van der Waals surface area contributed by atoms with Gasteiger partial charge in [0, 0.05) is 5.56 Å². The first-order chi connectivity index (χ1) is 11.0. The Morgan fingerprint density at radius 3 is 2.65 bits per heavy atom. The molecular formula is C15H11N3O5. The third-order valence-electron chi connectivity index (χ3n) is 3.32. The summed E-state index contributed by atoms with van der Waals surface area (Å²) in [5, 5.41) is 9.46. The van der Waals surface area contributed by atoms with Crippen molar-refractivity contribution in [1.82, 2.24) is 15.0 Å². The number of carboxylic acid groups (broad SMARTS) is 1. The topological polar surface area (TPSA) is 125 Å². The molecule has 0 aliphatic rings. The number of hydrogen-bond donors (Lipinski definition) is 3. The van der Waals surface area contributed by atoms with Gasteiger partial charge in [0.05, 0.1) is 18.2 Å². The van der Waals surface area contributed by atoms with Crippen molar-refractivity contribution in [2.45, 2.75) is 0 Å². The van der Waals surface area contributed by atoms with Gasteiger partial charge in [-0.25, -0.2) is 14.6 Å². The number of nitrogens with zero attached hydrogens (tertiary/aromatic N) is 1. The summed E-state index contributed by atoms with van der Waals surface area (Å²) in [4.78, 5) is 43.0. The number of fused-ring (bicyclic) bond motifs is 1. The van der Waals surface area contributed by atoms with Gasteiger partial charge < -0.3 is 9.84 Å². The Hall–Kier alpha value is -3.42. The van der Waals surface area contributed by atoms with E-state index in [1.54, 1.807) is 12.1 Å². The van der Waals surface area contributed by atoms with Gasteiger partial charge >= 0.3 is 11.7 Å². The molecule has 0 saturated heterocycles. The molecule has 8 heteroatoms. The van der Waals surface area contributed by atoms with Gasteiger partial charge in [-0.3, -0.25) is 14.8 Å². The predicted octanol–water partition coefficient (Wildman–Crippen LogP) is 0.985. The number of nitrogens with one attached hydrogen (secondary N) is 2. The summed E-state index contributed by atoms with van der Waals surface area (Å²) in [5.74, 6) is -0.902. The van der Waals surface area contributed by atoms with Gasteiger partial charge in [0.15, 0.2) is 0 Å². The fourth-order valence-corrected chi connectivity index (χ4v) is 2.24. The highest BCUT2D eigenvalue weighted by Crippen LogP contribution is 2.26. The molecule has 116 valence electrons. The zero-order chi connectivity index (χ0) is 16.6. The van der Waals surface area contributed by atoms with E-state index in [1.165, 1.54) is 25.3 Å². The number of rotatable bonds is 3. The van der Waals surface area contributed by atoms with Crippen LogP contribution in [0.3, 0.4) is 0 Å². The maximum Gasteiger partial charge on any atom is 0.339 e. The average Bonchev–Trinajstić information content (AvgIpc) is 2.53. The molecule has 3 rings (SSSR count). The lowest BCUT2D eigenvalue weighted by Crippen LogP contribution is -2.22. The quantitative estimate of drug-likeness (QED) is 0.662. The van der Waals surface area contributed by atoms with Gasteiger partial charge in [-0.1, -0.05) is 0 Å². The van der Waals surface area contributed by atoms with Gasteiger partial charge in [-0.2, -0.15) is 0 Å². The zero-order valence-electron chi connectivity index (χ0n) is 11.9. The number of ether oxygens (including phenoxy) is 1. The second kappa shape index (κ2) is 5.41. The third kappa shape index (κ3) is 2.57. The Bertz CT molecular complexity index is 1040. The molecule has 0 aliphatic carbocycles. The summed E-state index contributed by atoms with van der Waals surface area (Å²) in [5.41, 5.74) is -0.137. The molecule has 0 amide bonds. The molecular weight excluding hydrogens is 302 g/mol. The van der Waals surface area contributed by atoms with Crippen molar-refractivity contribution in [2.75, 3.05) is 7.11 Å². The number of methoxy groups -OCH3 is 1. The van der Waals surface area contributed by atoms with Crippen LogP contribution in [0.5, 0.6) is 5.75 Å². The predicted molar refractivity (Wildman–Crippen MR) is 81.9 cm³/mol. The largest absolute Gasteiger partial charge is 0.496 e. The molecule has 0 unspecified atom stereocenters. The molecule has 0 aliphatic heterocycles. The first-order valence-corrected chi connectivity index (χ1v) is 6.54. The Morgan fingerprint density at radius 1 is 1.17 bits per heavy atom. The highest BCUT2D eigenvalue weighted by molar-refractivity contribution is 5.92. The number of pyridine rings is 1. The van der Waals surface area contributed by atoms with Crippen LogP contribution in [0.4, 0.5) is 0 Å². The third-order valence-corrected chi connectivity index (χ3v) is 3.32. The monoisotopic (exact) mass is 313 g/mol. The van der Waals surface area contributed by atoms with Crippen LogP contribution in [-0.2, 0) is 0 Å². The number of carboxylic acids is 1. The van der Waals surface area contributed by atoms with E-state index in [0.717, 1.165) is 0 Å². The van der Waals surface area contributed by atoms with Crippen LogP contribution >= 0.6 is 0 Å². The van der Waals surface area contributed by atoms with Gasteiger partial charge in [0.2, 0.25) is 0 Å². The minimum atomic E-state index is -1.13. The molecule has 3 aromatic rings. The summed E-state index contributed by atoms with van der Waals surface area (Å²) in [6.07, 6.45) is 0. The molecule has 2 aromatic heterocycles. The molecule has 1 aromatic carbocycles.